The van der Waals surface area contributed by atoms with E-state index in [9.17, 15) is 4.39 Å². The van der Waals surface area contributed by atoms with Crippen LogP contribution in [-0.2, 0) is 0 Å². The molecule has 0 amide bonds. The van der Waals surface area contributed by atoms with Gasteiger partial charge in [-0.25, -0.2) is 4.39 Å². The van der Waals surface area contributed by atoms with Gasteiger partial charge in [-0.05, 0) is 31.4 Å². The summed E-state index contributed by atoms with van der Waals surface area (Å²) in [7, 11) is 0. The van der Waals surface area contributed by atoms with Crippen LogP contribution in [0.2, 0.25) is 0 Å². The van der Waals surface area contributed by atoms with Crippen molar-refractivity contribution in [2.24, 2.45) is 0 Å². The van der Waals surface area contributed by atoms with Crippen molar-refractivity contribution in [1.82, 2.24) is 0 Å². The molecule has 1 unspecified atom stereocenters. The number of rotatable bonds is 2. The van der Waals surface area contributed by atoms with Crippen molar-refractivity contribution >= 4 is 5.69 Å². The lowest BCUT2D eigenvalue weighted by Gasteiger charge is -2.36. The van der Waals surface area contributed by atoms with Crippen molar-refractivity contribution in [3.63, 3.8) is 0 Å². The molecule has 0 saturated carbocycles. The first kappa shape index (κ1) is 9.50. The summed E-state index contributed by atoms with van der Waals surface area (Å²) in [6, 6.07) is 10.3. The van der Waals surface area contributed by atoms with Gasteiger partial charge in [0.05, 0.1) is 6.04 Å². The van der Waals surface area contributed by atoms with Gasteiger partial charge in [0.2, 0.25) is 0 Å². The van der Waals surface area contributed by atoms with E-state index >= 15 is 0 Å². The minimum absolute atomic E-state index is 0.103. The molecule has 0 spiro atoms. The van der Waals surface area contributed by atoms with Gasteiger partial charge in [0, 0.05) is 12.2 Å². The molecule has 0 aromatic heterocycles. The monoisotopic (exact) mass is 193 g/mol. The van der Waals surface area contributed by atoms with Crippen LogP contribution in [0.25, 0.3) is 0 Å². The molecule has 0 bridgehead atoms. The van der Waals surface area contributed by atoms with E-state index in [4.69, 9.17) is 0 Å². The minimum atomic E-state index is -0.227. The lowest BCUT2D eigenvalue weighted by molar-refractivity contribution is 0.358. The van der Waals surface area contributed by atoms with Crippen LogP contribution in [0.4, 0.5) is 10.1 Å². The first-order chi connectivity index (χ1) is 6.92. The third-order valence-corrected chi connectivity index (χ3v) is 2.89. The van der Waals surface area contributed by atoms with Crippen LogP contribution in [0.5, 0.6) is 0 Å². The van der Waals surface area contributed by atoms with E-state index in [0.717, 1.165) is 25.1 Å². The molecule has 1 aliphatic heterocycles. The topological polar surface area (TPSA) is 3.24 Å². The predicted molar refractivity (Wildman–Crippen MR) is 57.4 cm³/mol. The van der Waals surface area contributed by atoms with Crippen molar-refractivity contribution in [1.29, 1.82) is 0 Å². The van der Waals surface area contributed by atoms with E-state index in [1.807, 2.05) is 18.2 Å². The van der Waals surface area contributed by atoms with Crippen LogP contribution < -0.4 is 4.90 Å². The number of halogens is 1. The Morgan fingerprint density at radius 3 is 2.71 bits per heavy atom. The number of nitrogens with zero attached hydrogens (tertiary/aromatic N) is 1. The van der Waals surface area contributed by atoms with Crippen LogP contribution in [-0.4, -0.2) is 19.3 Å². The molecule has 0 N–H and O–H groups in total. The van der Waals surface area contributed by atoms with E-state index in [2.05, 4.69) is 17.0 Å². The van der Waals surface area contributed by atoms with Crippen molar-refractivity contribution in [2.75, 3.05) is 18.1 Å². The van der Waals surface area contributed by atoms with Crippen molar-refractivity contribution < 1.29 is 4.39 Å². The van der Waals surface area contributed by atoms with Gasteiger partial charge in [0.1, 0.15) is 6.67 Å². The van der Waals surface area contributed by atoms with E-state index in [0.29, 0.717) is 0 Å². The fourth-order valence-corrected chi connectivity index (χ4v) is 2.12. The third kappa shape index (κ3) is 1.89. The van der Waals surface area contributed by atoms with Gasteiger partial charge < -0.3 is 4.90 Å². The molecule has 1 atom stereocenters. The van der Waals surface area contributed by atoms with Gasteiger partial charge in [-0.3, -0.25) is 0 Å². The minimum Gasteiger partial charge on any atom is -0.366 e. The van der Waals surface area contributed by atoms with Crippen LogP contribution in [0.15, 0.2) is 30.3 Å². The Bertz CT molecular complexity index is 273. The summed E-state index contributed by atoms with van der Waals surface area (Å²) in [6.45, 7) is 0.771. The molecule has 1 heterocycles. The molecule has 76 valence electrons. The van der Waals surface area contributed by atoms with Gasteiger partial charge in [-0.1, -0.05) is 18.2 Å². The second kappa shape index (κ2) is 4.45. The molecule has 2 rings (SSSR count). The fraction of sp³-hybridized carbons (Fsp3) is 0.500. The van der Waals surface area contributed by atoms with Crippen LogP contribution in [0.1, 0.15) is 19.3 Å². The zero-order chi connectivity index (χ0) is 9.80. The van der Waals surface area contributed by atoms with E-state index in [1.165, 1.54) is 6.42 Å². The average Bonchev–Trinajstić information content (AvgIpc) is 2.30. The number of para-hydroxylation sites is 1. The van der Waals surface area contributed by atoms with Crippen molar-refractivity contribution in [3.05, 3.63) is 30.3 Å². The molecule has 2 heteroatoms. The summed E-state index contributed by atoms with van der Waals surface area (Å²) in [5.41, 5.74) is 1.16. The normalized spacial score (nSPS) is 22.4. The Balaban J connectivity index is 2.15. The first-order valence-corrected chi connectivity index (χ1v) is 5.29. The highest BCUT2D eigenvalue weighted by Crippen LogP contribution is 2.24. The molecule has 1 aromatic rings. The van der Waals surface area contributed by atoms with Gasteiger partial charge in [-0.2, -0.15) is 0 Å². The Hall–Kier alpha value is -1.05. The summed E-state index contributed by atoms with van der Waals surface area (Å²) in [5.74, 6) is 0. The van der Waals surface area contributed by atoms with Gasteiger partial charge in [-0.15, -0.1) is 0 Å². The van der Waals surface area contributed by atoms with Crippen molar-refractivity contribution in [2.45, 2.75) is 25.3 Å². The summed E-state index contributed by atoms with van der Waals surface area (Å²) in [6.07, 6.45) is 3.34. The molecular formula is C12H16FN. The zero-order valence-electron chi connectivity index (χ0n) is 8.32. The first-order valence-electron chi connectivity index (χ1n) is 5.29. The van der Waals surface area contributed by atoms with E-state index < -0.39 is 0 Å². The second-order valence-corrected chi connectivity index (χ2v) is 3.83. The number of alkyl halides is 1. The maximum atomic E-state index is 12.8. The summed E-state index contributed by atoms with van der Waals surface area (Å²) >= 11 is 0. The quantitative estimate of drug-likeness (QED) is 0.698. The van der Waals surface area contributed by atoms with Crippen LogP contribution >= 0.6 is 0 Å². The smallest absolute Gasteiger partial charge is 0.110 e. The molecule has 1 nitrogen and oxygen atoms in total. The Kier molecular flexibility index (Phi) is 3.02. The molecular weight excluding hydrogens is 177 g/mol. The SMILES string of the molecule is FCC1CCCCN1c1ccccc1. The third-order valence-electron chi connectivity index (χ3n) is 2.89. The zero-order valence-corrected chi connectivity index (χ0v) is 8.32. The van der Waals surface area contributed by atoms with Gasteiger partial charge >= 0.3 is 0 Å². The largest absolute Gasteiger partial charge is 0.366 e. The molecule has 14 heavy (non-hydrogen) atoms. The number of hydrogen-bond acceptors (Lipinski definition) is 1. The van der Waals surface area contributed by atoms with Crippen molar-refractivity contribution in [3.8, 4) is 0 Å². The van der Waals surface area contributed by atoms with E-state index in [1.54, 1.807) is 0 Å². The molecule has 1 aliphatic rings. The van der Waals surface area contributed by atoms with Crippen LogP contribution in [0.3, 0.4) is 0 Å². The summed E-state index contributed by atoms with van der Waals surface area (Å²) in [4.78, 5) is 2.20. The highest BCUT2D eigenvalue weighted by Gasteiger charge is 2.21. The maximum absolute atomic E-state index is 12.8. The molecule has 1 aromatic carbocycles. The highest BCUT2D eigenvalue weighted by molar-refractivity contribution is 5.47. The predicted octanol–water partition coefficient (Wildman–Crippen LogP) is 3.02. The Morgan fingerprint density at radius 1 is 1.21 bits per heavy atom. The standard InChI is InChI=1S/C12H16FN/c13-10-12-8-4-5-9-14(12)11-6-2-1-3-7-11/h1-3,6-7,12H,4-5,8-10H2. The average molecular weight is 193 g/mol. The van der Waals surface area contributed by atoms with E-state index in [-0.39, 0.29) is 12.7 Å². The second-order valence-electron chi connectivity index (χ2n) is 3.83. The summed E-state index contributed by atoms with van der Waals surface area (Å²) in [5, 5.41) is 0. The summed E-state index contributed by atoms with van der Waals surface area (Å²) < 4.78 is 12.8. The lowest BCUT2D eigenvalue weighted by Crippen LogP contribution is -2.40. The fourth-order valence-electron chi connectivity index (χ4n) is 2.12. The molecule has 1 fully saturated rings. The maximum Gasteiger partial charge on any atom is 0.110 e. The number of hydrogen-bond donors (Lipinski definition) is 0. The lowest BCUT2D eigenvalue weighted by atomic mass is 10.0. The van der Waals surface area contributed by atoms with Gasteiger partial charge in [0.25, 0.3) is 0 Å². The van der Waals surface area contributed by atoms with Crippen LogP contribution in [0, 0.1) is 0 Å². The molecule has 0 radical (unpaired) electrons. The molecule has 0 aliphatic carbocycles. The Labute approximate surface area is 84.5 Å². The Morgan fingerprint density at radius 2 is 2.00 bits per heavy atom. The molecule has 1 saturated heterocycles. The van der Waals surface area contributed by atoms with Gasteiger partial charge in [0.15, 0.2) is 0 Å². The number of piperidine rings is 1. The number of benzene rings is 1. The number of anilines is 1. The highest BCUT2D eigenvalue weighted by atomic mass is 19.1.